The van der Waals surface area contributed by atoms with Crippen molar-refractivity contribution in [2.24, 2.45) is 5.92 Å². The maximum absolute atomic E-state index is 14.1. The molecular formula is C22H20F5KN4O3S. The molecule has 1 N–H and O–H groups in total. The monoisotopic (exact) mass is 554 g/mol. The average Bonchev–Trinajstić information content (AvgIpc) is 3.23. The summed E-state index contributed by atoms with van der Waals surface area (Å²) in [6.45, 7) is 0. The molecule has 7 nitrogen and oxygen atoms in total. The maximum atomic E-state index is 14.1. The van der Waals surface area contributed by atoms with E-state index in [1.54, 1.807) is 4.90 Å². The van der Waals surface area contributed by atoms with Gasteiger partial charge in [0.25, 0.3) is 12.3 Å². The minimum atomic E-state index is -4.58. The van der Waals surface area contributed by atoms with E-state index in [0.717, 1.165) is 37.9 Å². The molecule has 0 aromatic carbocycles. The number of amides is 1. The van der Waals surface area contributed by atoms with Crippen LogP contribution in [-0.2, 0) is 0 Å². The molecule has 5 rings (SSSR count). The number of anilines is 1. The first-order valence-corrected chi connectivity index (χ1v) is 12.0. The molecule has 0 radical (unpaired) electrons. The number of aromatic nitrogens is 2. The molecule has 1 saturated carbocycles. The number of hydrogen-bond acceptors (Lipinski definition) is 7. The zero-order valence-electron chi connectivity index (χ0n) is 19.1. The van der Waals surface area contributed by atoms with Gasteiger partial charge in [0.1, 0.15) is 28.5 Å². The summed E-state index contributed by atoms with van der Waals surface area (Å²) in [6, 6.07) is -1.14. The Hall–Kier alpha value is -1.19. The fourth-order valence-corrected chi connectivity index (χ4v) is 6.00. The number of rotatable bonds is 7. The summed E-state index contributed by atoms with van der Waals surface area (Å²) in [5, 5.41) is 13.1. The summed E-state index contributed by atoms with van der Waals surface area (Å²) in [5.41, 5.74) is -1.21. The van der Waals surface area contributed by atoms with Gasteiger partial charge in [-0.2, -0.15) is 13.2 Å². The van der Waals surface area contributed by atoms with Crippen molar-refractivity contribution in [1.82, 2.24) is 14.9 Å². The number of carboxylic acids is 1. The van der Waals surface area contributed by atoms with Gasteiger partial charge in [-0.05, 0) is 50.5 Å². The van der Waals surface area contributed by atoms with Gasteiger partial charge in [0, 0.05) is 29.4 Å². The minimum absolute atomic E-state index is 0. The summed E-state index contributed by atoms with van der Waals surface area (Å²) < 4.78 is 68.3. The number of carbonyl (C=O) groups is 2. The van der Waals surface area contributed by atoms with Crippen molar-refractivity contribution < 1.29 is 88.0 Å². The van der Waals surface area contributed by atoms with Crippen LogP contribution >= 0.6 is 11.3 Å². The van der Waals surface area contributed by atoms with Gasteiger partial charge in [-0.15, -0.1) is 11.3 Å². The number of thiazole rings is 1. The molecule has 188 valence electrons. The van der Waals surface area contributed by atoms with E-state index in [4.69, 9.17) is 0 Å². The molecule has 2 saturated heterocycles. The van der Waals surface area contributed by atoms with E-state index in [1.807, 2.05) is 0 Å². The average molecular weight is 555 g/mol. The fourth-order valence-electron chi connectivity index (χ4n) is 5.08. The van der Waals surface area contributed by atoms with Gasteiger partial charge in [0.05, 0.1) is 4.88 Å². The maximum Gasteiger partial charge on any atom is 1.00 e. The van der Waals surface area contributed by atoms with Crippen LogP contribution in [0, 0.1) is 5.92 Å². The molecule has 3 aliphatic rings. The Morgan fingerprint density at radius 2 is 1.72 bits per heavy atom. The zero-order chi connectivity index (χ0) is 25.1. The molecular weight excluding hydrogens is 534 g/mol. The molecule has 14 heteroatoms. The Labute approximate surface area is 249 Å². The van der Waals surface area contributed by atoms with Crippen LogP contribution in [0.5, 0.6) is 0 Å². The second kappa shape index (κ2) is 10.5. The molecule has 1 atom stereocenters. The molecule has 4 heterocycles. The predicted molar refractivity (Wildman–Crippen MR) is 113 cm³/mol. The van der Waals surface area contributed by atoms with Crippen molar-refractivity contribution in [2.75, 3.05) is 5.32 Å². The Balaban J connectivity index is 0.00000304. The van der Waals surface area contributed by atoms with Crippen LogP contribution in [0.4, 0.5) is 27.8 Å². The van der Waals surface area contributed by atoms with Gasteiger partial charge in [-0.25, -0.2) is 18.7 Å². The fraction of sp³-hybridized carbons (Fsp3) is 0.545. The molecule has 36 heavy (non-hydrogen) atoms. The Morgan fingerprint density at radius 1 is 1.11 bits per heavy atom. The summed E-state index contributed by atoms with van der Waals surface area (Å²) in [7, 11) is 0. The molecule has 2 aliphatic heterocycles. The predicted octanol–water partition coefficient (Wildman–Crippen LogP) is 1.03. The van der Waals surface area contributed by atoms with Gasteiger partial charge < -0.3 is 20.1 Å². The summed E-state index contributed by atoms with van der Waals surface area (Å²) in [5.74, 6) is -3.25. The third-order valence-electron chi connectivity index (χ3n) is 6.86. The van der Waals surface area contributed by atoms with Crippen LogP contribution in [0.2, 0.25) is 0 Å². The van der Waals surface area contributed by atoms with E-state index >= 15 is 0 Å². The van der Waals surface area contributed by atoms with E-state index in [2.05, 4.69) is 15.3 Å². The number of nitrogens with zero attached hydrogens (tertiary/aromatic N) is 3. The number of alkyl halides is 5. The summed E-state index contributed by atoms with van der Waals surface area (Å²) in [4.78, 5) is 34.1. The van der Waals surface area contributed by atoms with Crippen molar-refractivity contribution in [2.45, 2.75) is 69.3 Å². The molecule has 2 aromatic heterocycles. The SMILES string of the molecule is O=C([O-])c1nc(C(=O)N2[C@H]3CC[C@H]2CC3)c(-c2cnc(N[C@@H](C3CC3)C(F)(F)F)cc2C(F)F)s1.[K+]. The first-order chi connectivity index (χ1) is 16.5. The number of pyridine rings is 1. The number of carbonyl (C=O) groups excluding carboxylic acids is 2. The summed E-state index contributed by atoms with van der Waals surface area (Å²) >= 11 is 0.507. The molecule has 2 aromatic rings. The van der Waals surface area contributed by atoms with Crippen molar-refractivity contribution in [3.63, 3.8) is 0 Å². The second-order valence-corrected chi connectivity index (χ2v) is 10.1. The van der Waals surface area contributed by atoms with E-state index in [-0.39, 0.29) is 85.4 Å². The van der Waals surface area contributed by atoms with Crippen LogP contribution < -0.4 is 61.8 Å². The van der Waals surface area contributed by atoms with E-state index in [9.17, 15) is 36.6 Å². The molecule has 0 spiro atoms. The number of aromatic carboxylic acids is 1. The van der Waals surface area contributed by atoms with Crippen LogP contribution in [0.3, 0.4) is 0 Å². The van der Waals surface area contributed by atoms with Gasteiger partial charge in [0.2, 0.25) is 0 Å². The first-order valence-electron chi connectivity index (χ1n) is 11.2. The van der Waals surface area contributed by atoms with E-state index < -0.39 is 47.0 Å². The van der Waals surface area contributed by atoms with E-state index in [0.29, 0.717) is 24.2 Å². The Bertz CT molecular complexity index is 1150. The van der Waals surface area contributed by atoms with Crippen LogP contribution in [0.25, 0.3) is 10.4 Å². The largest absolute Gasteiger partial charge is 1.00 e. The van der Waals surface area contributed by atoms with E-state index in [1.165, 1.54) is 0 Å². The number of halogens is 5. The number of fused-ring (bicyclic) bond motifs is 2. The number of nitrogens with one attached hydrogen (secondary N) is 1. The third-order valence-corrected chi connectivity index (χ3v) is 7.93. The van der Waals surface area contributed by atoms with Gasteiger partial charge >= 0.3 is 57.6 Å². The first kappa shape index (κ1) is 27.8. The quantitative estimate of drug-likeness (QED) is 0.406. The minimum Gasteiger partial charge on any atom is -0.542 e. The van der Waals surface area contributed by atoms with Crippen molar-refractivity contribution in [3.05, 3.63) is 28.5 Å². The Kier molecular flexibility index (Phi) is 8.13. The smallest absolute Gasteiger partial charge is 0.542 e. The van der Waals surface area contributed by atoms with Crippen LogP contribution in [-0.4, -0.2) is 51.0 Å². The van der Waals surface area contributed by atoms with Crippen molar-refractivity contribution in [1.29, 1.82) is 0 Å². The van der Waals surface area contributed by atoms with Gasteiger partial charge in [0.15, 0.2) is 0 Å². The van der Waals surface area contributed by atoms with Crippen LogP contribution in [0.15, 0.2) is 12.3 Å². The van der Waals surface area contributed by atoms with Crippen molar-refractivity contribution in [3.8, 4) is 10.4 Å². The normalized spacial score (nSPS) is 22.0. The molecule has 1 aliphatic carbocycles. The topological polar surface area (TPSA) is 98.2 Å². The summed E-state index contributed by atoms with van der Waals surface area (Å²) in [6.07, 6.45) is -2.83. The second-order valence-electron chi connectivity index (χ2n) is 9.12. The molecule has 0 unspecified atom stereocenters. The molecule has 2 bridgehead atoms. The van der Waals surface area contributed by atoms with Gasteiger partial charge in [-0.1, -0.05) is 0 Å². The van der Waals surface area contributed by atoms with Gasteiger partial charge in [-0.3, -0.25) is 4.79 Å². The van der Waals surface area contributed by atoms with Crippen LogP contribution in [0.1, 0.15) is 70.8 Å². The molecule has 3 fully saturated rings. The number of carboxylic acid groups (broad SMARTS) is 1. The number of hydrogen-bond donors (Lipinski definition) is 1. The third kappa shape index (κ3) is 5.34. The van der Waals surface area contributed by atoms with Crippen molar-refractivity contribution >= 4 is 29.0 Å². The Morgan fingerprint density at radius 3 is 2.22 bits per heavy atom. The molecule has 1 amide bonds. The standard InChI is InChI=1S/C22H21F5N4O3S.K/c23-18(24)12-7-14(29-17(9-1-2-9)22(25,26)27)28-8-13(12)16-15(30-19(35-16)21(33)34)20(32)31-10-3-4-11(31)6-5-10;/h7-11,17-18H,1-6H2,(H,28,29)(H,33,34);/q;+1/p-1/t10-,11-,17-;/m0./s1. The zero-order valence-corrected chi connectivity index (χ0v) is 23.1.